The molecule has 75 valence electrons. The number of hydrogen-bond donors (Lipinski definition) is 1. The molecule has 1 unspecified atom stereocenters. The minimum absolute atomic E-state index is 0.0856. The van der Waals surface area contributed by atoms with E-state index in [-0.39, 0.29) is 11.8 Å². The molecule has 0 fully saturated rings. The Balaban J connectivity index is 3.37. The average Bonchev–Trinajstić information content (AvgIpc) is 2.16. The molecule has 0 amide bonds. The quantitative estimate of drug-likeness (QED) is 0.574. The lowest BCUT2D eigenvalue weighted by molar-refractivity contribution is -0.110. The van der Waals surface area contributed by atoms with E-state index >= 15 is 0 Å². The molecule has 0 aliphatic carbocycles. The Morgan fingerprint density at radius 3 is 2.14 bits per heavy atom. The van der Waals surface area contributed by atoms with E-state index in [1.54, 1.807) is 6.07 Å². The first-order valence-corrected chi connectivity index (χ1v) is 5.10. The Bertz CT molecular complexity index is 428. The van der Waals surface area contributed by atoms with Crippen LogP contribution in [-0.4, -0.2) is 19.3 Å². The molecule has 0 heterocycles. The highest BCUT2D eigenvalue weighted by Gasteiger charge is 2.41. The van der Waals surface area contributed by atoms with Gasteiger partial charge in [-0.3, -0.25) is 9.35 Å². The lowest BCUT2D eigenvalue weighted by atomic mass is 10.1. The molecule has 0 bridgehead atoms. The zero-order valence-electron chi connectivity index (χ0n) is 7.04. The van der Waals surface area contributed by atoms with Crippen LogP contribution in [0.4, 0.5) is 0 Å². The van der Waals surface area contributed by atoms with Crippen LogP contribution in [0.1, 0.15) is 5.56 Å². The van der Waals surface area contributed by atoms with Gasteiger partial charge in [-0.25, -0.2) is 5.73 Å². The third-order valence-electron chi connectivity index (χ3n) is 1.78. The van der Waals surface area contributed by atoms with E-state index in [0.29, 0.717) is 0 Å². The van der Waals surface area contributed by atoms with Crippen LogP contribution in [0.5, 0.6) is 0 Å². The predicted molar refractivity (Wildman–Crippen MR) is 48.8 cm³/mol. The molecular formula is C8H8NO4S. The van der Waals surface area contributed by atoms with Crippen LogP contribution in [0.3, 0.4) is 0 Å². The van der Waals surface area contributed by atoms with Gasteiger partial charge in [-0.05, 0) is 5.56 Å². The van der Waals surface area contributed by atoms with Gasteiger partial charge in [0, 0.05) is 0 Å². The summed E-state index contributed by atoms with van der Waals surface area (Å²) in [6.45, 7) is 0. The Labute approximate surface area is 81.3 Å². The van der Waals surface area contributed by atoms with E-state index in [1.807, 2.05) is 0 Å². The Kier molecular flexibility index (Phi) is 2.70. The SMILES string of the molecule is [NH]C(C=O)(c1ccccc1)S(=O)(=O)O. The fourth-order valence-corrected chi connectivity index (χ4v) is 1.52. The number of nitrogens with one attached hydrogen (secondary N) is 1. The minimum atomic E-state index is -4.77. The molecule has 6 heteroatoms. The van der Waals surface area contributed by atoms with E-state index in [0.717, 1.165) is 0 Å². The molecule has 5 nitrogen and oxygen atoms in total. The topological polar surface area (TPSA) is 95.2 Å². The van der Waals surface area contributed by atoms with Crippen LogP contribution in [0.15, 0.2) is 30.3 Å². The lowest BCUT2D eigenvalue weighted by Gasteiger charge is -2.17. The van der Waals surface area contributed by atoms with Crippen molar-refractivity contribution in [3.05, 3.63) is 35.9 Å². The van der Waals surface area contributed by atoms with Crippen molar-refractivity contribution in [3.63, 3.8) is 0 Å². The molecule has 1 aromatic rings. The van der Waals surface area contributed by atoms with Gasteiger partial charge in [-0.15, -0.1) is 0 Å². The van der Waals surface area contributed by atoms with Crippen molar-refractivity contribution in [1.29, 1.82) is 0 Å². The summed E-state index contributed by atoms with van der Waals surface area (Å²) >= 11 is 0. The van der Waals surface area contributed by atoms with Crippen molar-refractivity contribution in [3.8, 4) is 0 Å². The molecule has 0 saturated carbocycles. The van der Waals surface area contributed by atoms with Gasteiger partial charge < -0.3 is 0 Å². The first-order valence-electron chi connectivity index (χ1n) is 3.66. The number of carbonyl (C=O) groups excluding carboxylic acids is 1. The van der Waals surface area contributed by atoms with Crippen LogP contribution in [0, 0.1) is 0 Å². The van der Waals surface area contributed by atoms with Crippen molar-refractivity contribution in [2.75, 3.05) is 0 Å². The number of carbonyl (C=O) groups is 1. The maximum Gasteiger partial charge on any atom is 0.296 e. The Morgan fingerprint density at radius 2 is 1.79 bits per heavy atom. The normalized spacial score (nSPS) is 15.9. The fraction of sp³-hybridized carbons (Fsp3) is 0.125. The standard InChI is InChI=1S/C8H8NO4S/c9-8(6-10,14(11,12)13)7-4-2-1-3-5-7/h1-6,9H,(H,11,12,13). The van der Waals surface area contributed by atoms with Gasteiger partial charge >= 0.3 is 0 Å². The molecule has 1 aromatic carbocycles. The lowest BCUT2D eigenvalue weighted by Crippen LogP contribution is -2.38. The molecule has 14 heavy (non-hydrogen) atoms. The van der Waals surface area contributed by atoms with Gasteiger partial charge in [-0.1, -0.05) is 30.3 Å². The summed E-state index contributed by atoms with van der Waals surface area (Å²) in [6, 6.07) is 7.14. The van der Waals surface area contributed by atoms with Crippen LogP contribution < -0.4 is 5.73 Å². The second-order valence-electron chi connectivity index (χ2n) is 2.69. The molecule has 0 saturated heterocycles. The van der Waals surface area contributed by atoms with Crippen molar-refractivity contribution < 1.29 is 17.8 Å². The van der Waals surface area contributed by atoms with Gasteiger partial charge in [0.2, 0.25) is 4.87 Å². The minimum Gasteiger partial charge on any atom is -0.300 e. The maximum absolute atomic E-state index is 10.8. The first kappa shape index (κ1) is 10.8. The summed E-state index contributed by atoms with van der Waals surface area (Å²) in [5.74, 6) is 0. The summed E-state index contributed by atoms with van der Waals surface area (Å²) in [4.78, 5) is 7.92. The zero-order valence-corrected chi connectivity index (χ0v) is 7.86. The summed E-state index contributed by atoms with van der Waals surface area (Å²) in [5.41, 5.74) is 7.27. The molecule has 0 aromatic heterocycles. The molecule has 0 aliphatic rings. The monoisotopic (exact) mass is 214 g/mol. The molecule has 1 rings (SSSR count). The van der Waals surface area contributed by atoms with Crippen LogP contribution in [-0.2, 0) is 19.8 Å². The number of benzene rings is 1. The van der Waals surface area contributed by atoms with Crippen LogP contribution >= 0.6 is 0 Å². The second kappa shape index (κ2) is 3.49. The molecule has 0 aliphatic heterocycles. The van der Waals surface area contributed by atoms with E-state index < -0.39 is 15.0 Å². The highest BCUT2D eigenvalue weighted by molar-refractivity contribution is 7.87. The predicted octanol–water partition coefficient (Wildman–Crippen LogP) is 0.209. The Morgan fingerprint density at radius 1 is 1.29 bits per heavy atom. The van der Waals surface area contributed by atoms with Gasteiger partial charge in [-0.2, -0.15) is 8.42 Å². The second-order valence-corrected chi connectivity index (χ2v) is 4.29. The summed E-state index contributed by atoms with van der Waals surface area (Å²) in [6.07, 6.45) is -0.113. The zero-order chi connectivity index (χ0) is 10.8. The first-order chi connectivity index (χ1) is 6.42. The van der Waals surface area contributed by atoms with Crippen LogP contribution in [0.2, 0.25) is 0 Å². The highest BCUT2D eigenvalue weighted by Crippen LogP contribution is 2.22. The number of hydrogen-bond acceptors (Lipinski definition) is 3. The van der Waals surface area contributed by atoms with E-state index in [9.17, 15) is 13.2 Å². The largest absolute Gasteiger partial charge is 0.300 e. The van der Waals surface area contributed by atoms with Gasteiger partial charge in [0.25, 0.3) is 10.1 Å². The highest BCUT2D eigenvalue weighted by atomic mass is 32.2. The molecular weight excluding hydrogens is 206 g/mol. The van der Waals surface area contributed by atoms with Crippen molar-refractivity contribution in [2.45, 2.75) is 4.87 Å². The van der Waals surface area contributed by atoms with E-state index in [2.05, 4.69) is 0 Å². The molecule has 1 radical (unpaired) electrons. The number of aldehydes is 1. The smallest absolute Gasteiger partial charge is 0.296 e. The van der Waals surface area contributed by atoms with Gasteiger partial charge in [0.1, 0.15) is 0 Å². The molecule has 2 N–H and O–H groups in total. The molecule has 0 spiro atoms. The summed E-state index contributed by atoms with van der Waals surface area (Å²) < 4.78 is 30.4. The van der Waals surface area contributed by atoms with E-state index in [4.69, 9.17) is 10.3 Å². The van der Waals surface area contributed by atoms with Gasteiger partial charge in [0.15, 0.2) is 6.29 Å². The Hall–Kier alpha value is -1.24. The average molecular weight is 214 g/mol. The van der Waals surface area contributed by atoms with Crippen molar-refractivity contribution in [1.82, 2.24) is 5.73 Å². The summed E-state index contributed by atoms with van der Waals surface area (Å²) in [7, 11) is -4.77. The summed E-state index contributed by atoms with van der Waals surface area (Å²) in [5, 5.41) is 0. The van der Waals surface area contributed by atoms with Crippen LogP contribution in [0.25, 0.3) is 0 Å². The number of rotatable bonds is 3. The molecule has 1 atom stereocenters. The maximum atomic E-state index is 10.8. The van der Waals surface area contributed by atoms with Crippen molar-refractivity contribution >= 4 is 16.4 Å². The van der Waals surface area contributed by atoms with Crippen molar-refractivity contribution in [2.24, 2.45) is 0 Å². The van der Waals surface area contributed by atoms with E-state index in [1.165, 1.54) is 24.3 Å². The fourth-order valence-electron chi connectivity index (χ4n) is 0.964. The third-order valence-corrected chi connectivity index (χ3v) is 2.92. The third kappa shape index (κ3) is 1.67. The van der Waals surface area contributed by atoms with Gasteiger partial charge in [0.05, 0.1) is 0 Å².